The lowest BCUT2D eigenvalue weighted by molar-refractivity contribution is -0.386. The van der Waals surface area contributed by atoms with Gasteiger partial charge in [0.15, 0.2) is 0 Å². The Hall–Kier alpha value is -2.14. The van der Waals surface area contributed by atoms with E-state index in [1.54, 1.807) is 6.92 Å². The summed E-state index contributed by atoms with van der Waals surface area (Å²) in [5, 5.41) is 11.0. The zero-order valence-corrected chi connectivity index (χ0v) is 10.9. The molecule has 6 heteroatoms. The first-order valence-corrected chi connectivity index (χ1v) is 5.98. The van der Waals surface area contributed by atoms with Gasteiger partial charge >= 0.3 is 5.69 Å². The highest BCUT2D eigenvalue weighted by molar-refractivity contribution is 6.29. The molecular formula is C13H11ClN2O3. The third-order valence-electron chi connectivity index (χ3n) is 2.56. The Morgan fingerprint density at radius 1 is 1.26 bits per heavy atom. The van der Waals surface area contributed by atoms with Crippen molar-refractivity contribution in [1.82, 2.24) is 4.98 Å². The molecule has 0 saturated carbocycles. The van der Waals surface area contributed by atoms with Crippen molar-refractivity contribution < 1.29 is 9.66 Å². The van der Waals surface area contributed by atoms with Crippen LogP contribution < -0.4 is 4.74 Å². The molecule has 5 nitrogen and oxygen atoms in total. The molecule has 0 saturated heterocycles. The van der Waals surface area contributed by atoms with Gasteiger partial charge in [-0.15, -0.1) is 0 Å². The van der Waals surface area contributed by atoms with Crippen molar-refractivity contribution in [3.05, 3.63) is 63.3 Å². The van der Waals surface area contributed by atoms with E-state index in [-0.39, 0.29) is 22.8 Å². The van der Waals surface area contributed by atoms with E-state index in [9.17, 15) is 10.1 Å². The van der Waals surface area contributed by atoms with E-state index in [0.717, 1.165) is 5.56 Å². The average molecular weight is 279 g/mol. The van der Waals surface area contributed by atoms with Crippen LogP contribution in [0.3, 0.4) is 0 Å². The standard InChI is InChI=1S/C13H11ClN2O3/c1-9(10-5-3-2-4-6-10)19-13-11(16(17)18)7-8-12(14)15-13/h2-9H,1H3. The summed E-state index contributed by atoms with van der Waals surface area (Å²) < 4.78 is 5.54. The molecule has 19 heavy (non-hydrogen) atoms. The fourth-order valence-corrected chi connectivity index (χ4v) is 1.74. The number of hydrogen-bond acceptors (Lipinski definition) is 4. The van der Waals surface area contributed by atoms with Gasteiger partial charge in [-0.05, 0) is 18.6 Å². The number of benzene rings is 1. The SMILES string of the molecule is CC(Oc1nc(Cl)ccc1[N+](=O)[O-])c1ccccc1. The number of hydrogen-bond donors (Lipinski definition) is 0. The van der Waals surface area contributed by atoms with Gasteiger partial charge < -0.3 is 4.74 Å². The number of nitro groups is 1. The quantitative estimate of drug-likeness (QED) is 0.485. The molecular weight excluding hydrogens is 268 g/mol. The predicted octanol–water partition coefficient (Wildman–Crippen LogP) is 3.78. The lowest BCUT2D eigenvalue weighted by Gasteiger charge is -2.14. The van der Waals surface area contributed by atoms with E-state index in [1.807, 2.05) is 30.3 Å². The normalized spacial score (nSPS) is 11.9. The molecule has 1 aromatic carbocycles. The van der Waals surface area contributed by atoms with Gasteiger partial charge in [0, 0.05) is 6.07 Å². The van der Waals surface area contributed by atoms with E-state index in [4.69, 9.17) is 16.3 Å². The van der Waals surface area contributed by atoms with E-state index in [0.29, 0.717) is 0 Å². The van der Waals surface area contributed by atoms with Crippen LogP contribution in [-0.2, 0) is 0 Å². The van der Waals surface area contributed by atoms with Crippen molar-refractivity contribution in [1.29, 1.82) is 0 Å². The number of ether oxygens (including phenoxy) is 1. The molecule has 2 aromatic rings. The summed E-state index contributed by atoms with van der Waals surface area (Å²) in [5.74, 6) is -0.0751. The summed E-state index contributed by atoms with van der Waals surface area (Å²) in [4.78, 5) is 14.2. The van der Waals surface area contributed by atoms with Crippen LogP contribution in [0.1, 0.15) is 18.6 Å². The molecule has 0 amide bonds. The Morgan fingerprint density at radius 2 is 1.95 bits per heavy atom. The van der Waals surface area contributed by atoms with Gasteiger partial charge in [-0.1, -0.05) is 41.9 Å². The fourth-order valence-electron chi connectivity index (χ4n) is 1.60. The summed E-state index contributed by atoms with van der Waals surface area (Å²) in [6.45, 7) is 1.79. The molecule has 0 N–H and O–H groups in total. The van der Waals surface area contributed by atoms with Crippen LogP contribution in [0.25, 0.3) is 0 Å². The highest BCUT2D eigenvalue weighted by Crippen LogP contribution is 2.30. The minimum Gasteiger partial charge on any atom is -0.465 e. The smallest absolute Gasteiger partial charge is 0.331 e. The number of pyridine rings is 1. The Kier molecular flexibility index (Phi) is 3.97. The second kappa shape index (κ2) is 5.67. The predicted molar refractivity (Wildman–Crippen MR) is 71.4 cm³/mol. The second-order valence-electron chi connectivity index (χ2n) is 3.89. The second-order valence-corrected chi connectivity index (χ2v) is 4.27. The minimum atomic E-state index is -0.545. The number of halogens is 1. The molecule has 1 atom stereocenters. The number of rotatable bonds is 4. The molecule has 0 aliphatic carbocycles. The monoisotopic (exact) mass is 278 g/mol. The summed E-state index contributed by atoms with van der Waals surface area (Å²) in [5.41, 5.74) is 0.700. The van der Waals surface area contributed by atoms with Gasteiger partial charge in [0.2, 0.25) is 0 Å². The Labute approximate surface area is 115 Å². The van der Waals surface area contributed by atoms with Crippen LogP contribution in [0.5, 0.6) is 5.88 Å². The van der Waals surface area contributed by atoms with Crippen molar-refractivity contribution in [2.75, 3.05) is 0 Å². The molecule has 2 rings (SSSR count). The fraction of sp³-hybridized carbons (Fsp3) is 0.154. The van der Waals surface area contributed by atoms with Gasteiger partial charge in [0.1, 0.15) is 11.3 Å². The maximum absolute atomic E-state index is 10.9. The van der Waals surface area contributed by atoms with Crippen LogP contribution in [0.4, 0.5) is 5.69 Å². The molecule has 98 valence electrons. The largest absolute Gasteiger partial charge is 0.465 e. The Morgan fingerprint density at radius 3 is 2.58 bits per heavy atom. The molecule has 0 spiro atoms. The van der Waals surface area contributed by atoms with Crippen LogP contribution in [-0.4, -0.2) is 9.91 Å². The molecule has 1 unspecified atom stereocenters. The summed E-state index contributed by atoms with van der Waals surface area (Å²) in [6.07, 6.45) is -0.356. The van der Waals surface area contributed by atoms with Crippen molar-refractivity contribution in [3.8, 4) is 5.88 Å². The highest BCUT2D eigenvalue weighted by atomic mass is 35.5. The topological polar surface area (TPSA) is 65.3 Å². The molecule has 0 aliphatic rings. The van der Waals surface area contributed by atoms with Crippen LogP contribution in [0, 0.1) is 10.1 Å². The molecule has 0 aliphatic heterocycles. The van der Waals surface area contributed by atoms with Crippen LogP contribution >= 0.6 is 11.6 Å². The average Bonchev–Trinajstić information content (AvgIpc) is 2.39. The Bertz CT molecular complexity index is 590. The van der Waals surface area contributed by atoms with Crippen LogP contribution in [0.2, 0.25) is 5.15 Å². The lowest BCUT2D eigenvalue weighted by atomic mass is 10.1. The van der Waals surface area contributed by atoms with Gasteiger partial charge in [0.25, 0.3) is 5.88 Å². The first kappa shape index (κ1) is 13.3. The summed E-state index contributed by atoms with van der Waals surface area (Å²) in [6, 6.07) is 12.0. The third kappa shape index (κ3) is 3.20. The zero-order chi connectivity index (χ0) is 13.8. The first-order chi connectivity index (χ1) is 9.08. The van der Waals surface area contributed by atoms with Crippen molar-refractivity contribution in [2.45, 2.75) is 13.0 Å². The van der Waals surface area contributed by atoms with Crippen molar-refractivity contribution in [2.24, 2.45) is 0 Å². The van der Waals surface area contributed by atoms with Crippen molar-refractivity contribution >= 4 is 17.3 Å². The van der Waals surface area contributed by atoms with Gasteiger partial charge in [-0.3, -0.25) is 10.1 Å². The van der Waals surface area contributed by atoms with E-state index in [1.165, 1.54) is 12.1 Å². The molecule has 0 radical (unpaired) electrons. The lowest BCUT2D eigenvalue weighted by Crippen LogP contribution is -2.06. The summed E-state index contributed by atoms with van der Waals surface area (Å²) in [7, 11) is 0. The number of nitrogens with zero attached hydrogens (tertiary/aromatic N) is 2. The van der Waals surface area contributed by atoms with Gasteiger partial charge in [-0.2, -0.15) is 4.98 Å². The third-order valence-corrected chi connectivity index (χ3v) is 2.77. The maximum Gasteiger partial charge on any atom is 0.331 e. The van der Waals surface area contributed by atoms with Gasteiger partial charge in [0.05, 0.1) is 4.92 Å². The first-order valence-electron chi connectivity index (χ1n) is 5.60. The van der Waals surface area contributed by atoms with E-state index < -0.39 is 4.92 Å². The van der Waals surface area contributed by atoms with Crippen LogP contribution in [0.15, 0.2) is 42.5 Å². The molecule has 1 aromatic heterocycles. The highest BCUT2D eigenvalue weighted by Gasteiger charge is 2.20. The zero-order valence-electron chi connectivity index (χ0n) is 10.1. The van der Waals surface area contributed by atoms with Gasteiger partial charge in [-0.25, -0.2) is 0 Å². The minimum absolute atomic E-state index is 0.0751. The van der Waals surface area contributed by atoms with E-state index >= 15 is 0 Å². The van der Waals surface area contributed by atoms with Crippen molar-refractivity contribution in [3.63, 3.8) is 0 Å². The Balaban J connectivity index is 2.28. The molecule has 0 bridgehead atoms. The number of aromatic nitrogens is 1. The summed E-state index contributed by atoms with van der Waals surface area (Å²) >= 11 is 5.74. The maximum atomic E-state index is 10.9. The molecule has 0 fully saturated rings. The molecule has 1 heterocycles. The van der Waals surface area contributed by atoms with E-state index in [2.05, 4.69) is 4.98 Å².